The van der Waals surface area contributed by atoms with Crippen LogP contribution in [0.1, 0.15) is 36.5 Å². The molecule has 0 aliphatic carbocycles. The number of nitrogens with zero attached hydrogens (tertiary/aromatic N) is 2. The van der Waals surface area contributed by atoms with Crippen LogP contribution in [0.3, 0.4) is 0 Å². The number of nitrogens with one attached hydrogen (secondary N) is 2. The summed E-state index contributed by atoms with van der Waals surface area (Å²) in [5.41, 5.74) is 1.99. The summed E-state index contributed by atoms with van der Waals surface area (Å²) >= 11 is 0. The zero-order valence-electron chi connectivity index (χ0n) is 11.6. The third-order valence-electron chi connectivity index (χ3n) is 3.36. The molecule has 0 aliphatic rings. The second-order valence-corrected chi connectivity index (χ2v) is 4.90. The van der Waals surface area contributed by atoms with E-state index in [1.807, 2.05) is 0 Å². The number of carbonyl (C=O) groups is 1. The van der Waals surface area contributed by atoms with Gasteiger partial charge in [-0.1, -0.05) is 13.3 Å². The number of benzene rings is 1. The average molecular weight is 276 g/mol. The topological polar surface area (TPSA) is 90.9 Å². The first-order valence-electron chi connectivity index (χ1n) is 6.94. The van der Waals surface area contributed by atoms with Crippen molar-refractivity contribution in [2.75, 3.05) is 13.2 Å². The molecule has 0 bridgehead atoms. The zero-order valence-corrected chi connectivity index (χ0v) is 11.6. The smallest absolute Gasteiger partial charge is 0.251 e. The third kappa shape index (κ3) is 3.54. The summed E-state index contributed by atoms with van der Waals surface area (Å²) in [6.45, 7) is 2.85. The van der Waals surface area contributed by atoms with Crippen LogP contribution in [0.2, 0.25) is 0 Å². The van der Waals surface area contributed by atoms with Gasteiger partial charge in [-0.3, -0.25) is 4.79 Å². The lowest BCUT2D eigenvalue weighted by Crippen LogP contribution is -2.29. The first kappa shape index (κ1) is 14.5. The van der Waals surface area contributed by atoms with Crippen molar-refractivity contribution in [1.29, 1.82) is 0 Å². The Balaban J connectivity index is 1.96. The predicted octanol–water partition coefficient (Wildman–Crippen LogP) is 1.49. The van der Waals surface area contributed by atoms with E-state index in [-0.39, 0.29) is 12.5 Å². The number of carbonyl (C=O) groups excluding carboxylic acids is 1. The highest BCUT2D eigenvalue weighted by Crippen LogP contribution is 2.12. The van der Waals surface area contributed by atoms with E-state index < -0.39 is 0 Å². The van der Waals surface area contributed by atoms with Gasteiger partial charge in [0.1, 0.15) is 11.0 Å². The van der Waals surface area contributed by atoms with Crippen LogP contribution in [-0.2, 0) is 0 Å². The van der Waals surface area contributed by atoms with Crippen molar-refractivity contribution in [3.8, 4) is 0 Å². The lowest BCUT2D eigenvalue weighted by Gasteiger charge is -2.15. The molecule has 6 heteroatoms. The normalized spacial score (nSPS) is 12.5. The Kier molecular flexibility index (Phi) is 5.06. The molecule has 2 aromatic rings. The highest BCUT2D eigenvalue weighted by atomic mass is 16.3. The second kappa shape index (κ2) is 7.00. The van der Waals surface area contributed by atoms with Crippen LogP contribution >= 0.6 is 0 Å². The van der Waals surface area contributed by atoms with E-state index in [2.05, 4.69) is 27.7 Å². The number of hydrogen-bond donors (Lipinski definition) is 3. The molecule has 0 aliphatic heterocycles. The monoisotopic (exact) mass is 276 g/mol. The van der Waals surface area contributed by atoms with Gasteiger partial charge in [0.25, 0.3) is 5.91 Å². The van der Waals surface area contributed by atoms with E-state index in [4.69, 9.17) is 5.11 Å². The van der Waals surface area contributed by atoms with Crippen molar-refractivity contribution in [3.05, 3.63) is 23.8 Å². The lowest BCUT2D eigenvalue weighted by atomic mass is 10.00. The quantitative estimate of drug-likeness (QED) is 0.714. The van der Waals surface area contributed by atoms with Gasteiger partial charge in [0.15, 0.2) is 0 Å². The summed E-state index contributed by atoms with van der Waals surface area (Å²) in [7, 11) is 0. The van der Waals surface area contributed by atoms with Gasteiger partial charge in [0.2, 0.25) is 0 Å². The number of aliphatic hydroxyl groups excluding tert-OH is 1. The van der Waals surface area contributed by atoms with Gasteiger partial charge in [-0.25, -0.2) is 0 Å². The van der Waals surface area contributed by atoms with Crippen molar-refractivity contribution in [1.82, 2.24) is 20.7 Å². The van der Waals surface area contributed by atoms with Gasteiger partial charge >= 0.3 is 0 Å². The minimum atomic E-state index is -0.117. The van der Waals surface area contributed by atoms with E-state index in [1.165, 1.54) is 0 Å². The predicted molar refractivity (Wildman–Crippen MR) is 76.3 cm³/mol. The van der Waals surface area contributed by atoms with E-state index in [0.717, 1.165) is 24.8 Å². The number of amides is 1. The second-order valence-electron chi connectivity index (χ2n) is 4.90. The van der Waals surface area contributed by atoms with Crippen LogP contribution < -0.4 is 5.32 Å². The number of rotatable bonds is 7. The van der Waals surface area contributed by atoms with E-state index >= 15 is 0 Å². The Bertz CT molecular complexity index is 561. The minimum Gasteiger partial charge on any atom is -0.396 e. The summed E-state index contributed by atoms with van der Waals surface area (Å²) in [6.07, 6.45) is 2.77. The van der Waals surface area contributed by atoms with E-state index in [0.29, 0.717) is 23.5 Å². The van der Waals surface area contributed by atoms with Crippen molar-refractivity contribution in [2.45, 2.75) is 26.2 Å². The molecule has 2 rings (SSSR count). The van der Waals surface area contributed by atoms with Gasteiger partial charge < -0.3 is 10.4 Å². The van der Waals surface area contributed by atoms with Crippen LogP contribution in [0.25, 0.3) is 11.0 Å². The summed E-state index contributed by atoms with van der Waals surface area (Å²) in [5.74, 6) is 0.207. The Hall–Kier alpha value is -1.95. The molecule has 0 radical (unpaired) electrons. The summed E-state index contributed by atoms with van der Waals surface area (Å²) in [5, 5.41) is 22.4. The maximum atomic E-state index is 12.1. The first-order chi connectivity index (χ1) is 9.74. The molecule has 6 nitrogen and oxygen atoms in total. The Morgan fingerprint density at radius 3 is 2.90 bits per heavy atom. The SMILES string of the molecule is CCCC(CCO)CNC(=O)c1ccc2n[nH]nc2c1. The van der Waals surface area contributed by atoms with Gasteiger partial charge in [-0.2, -0.15) is 15.4 Å². The molecular weight excluding hydrogens is 256 g/mol. The largest absolute Gasteiger partial charge is 0.396 e. The molecule has 20 heavy (non-hydrogen) atoms. The van der Waals surface area contributed by atoms with E-state index in [9.17, 15) is 4.79 Å². The number of aromatic amines is 1. The molecule has 1 aromatic carbocycles. The van der Waals surface area contributed by atoms with Crippen molar-refractivity contribution in [2.24, 2.45) is 5.92 Å². The molecule has 1 unspecified atom stereocenters. The maximum absolute atomic E-state index is 12.1. The fourth-order valence-electron chi connectivity index (χ4n) is 2.26. The van der Waals surface area contributed by atoms with E-state index in [1.54, 1.807) is 18.2 Å². The number of hydrogen-bond acceptors (Lipinski definition) is 4. The number of aliphatic hydroxyl groups is 1. The van der Waals surface area contributed by atoms with Crippen LogP contribution in [-0.4, -0.2) is 39.6 Å². The molecule has 1 heterocycles. The molecule has 0 saturated heterocycles. The summed E-state index contributed by atoms with van der Waals surface area (Å²) in [6, 6.07) is 5.22. The first-order valence-corrected chi connectivity index (χ1v) is 6.94. The third-order valence-corrected chi connectivity index (χ3v) is 3.36. The molecule has 1 amide bonds. The molecule has 0 saturated carbocycles. The van der Waals surface area contributed by atoms with Gasteiger partial charge in [0.05, 0.1) is 0 Å². The summed E-state index contributed by atoms with van der Waals surface area (Å²) in [4.78, 5) is 12.1. The molecule has 1 atom stereocenters. The molecular formula is C14H20N4O2. The lowest BCUT2D eigenvalue weighted by molar-refractivity contribution is 0.0943. The highest BCUT2D eigenvalue weighted by molar-refractivity contribution is 5.97. The number of fused-ring (bicyclic) bond motifs is 1. The van der Waals surface area contributed by atoms with Crippen molar-refractivity contribution >= 4 is 16.9 Å². The average Bonchev–Trinajstić information content (AvgIpc) is 2.92. The van der Waals surface area contributed by atoms with Crippen LogP contribution in [0, 0.1) is 5.92 Å². The van der Waals surface area contributed by atoms with Crippen molar-refractivity contribution < 1.29 is 9.90 Å². The highest BCUT2D eigenvalue weighted by Gasteiger charge is 2.11. The molecule has 3 N–H and O–H groups in total. The Labute approximate surface area is 117 Å². The van der Waals surface area contributed by atoms with Gasteiger partial charge in [-0.15, -0.1) is 0 Å². The fourth-order valence-corrected chi connectivity index (χ4v) is 2.26. The van der Waals surface area contributed by atoms with Crippen LogP contribution in [0.4, 0.5) is 0 Å². The van der Waals surface area contributed by atoms with Gasteiger partial charge in [0, 0.05) is 18.7 Å². The van der Waals surface area contributed by atoms with Gasteiger partial charge in [-0.05, 0) is 37.0 Å². The maximum Gasteiger partial charge on any atom is 0.251 e. The summed E-state index contributed by atoms with van der Waals surface area (Å²) < 4.78 is 0. The number of aromatic nitrogens is 3. The standard InChI is InChI=1S/C14H20N4O2/c1-2-3-10(6-7-19)9-15-14(20)11-4-5-12-13(8-11)17-18-16-12/h4-5,8,10,19H,2-3,6-7,9H2,1H3,(H,15,20)(H,16,17,18). The molecule has 1 aromatic heterocycles. The molecule has 0 spiro atoms. The molecule has 0 fully saturated rings. The minimum absolute atomic E-state index is 0.117. The van der Waals surface area contributed by atoms with Crippen LogP contribution in [0.5, 0.6) is 0 Å². The zero-order chi connectivity index (χ0) is 14.4. The van der Waals surface area contributed by atoms with Crippen LogP contribution in [0.15, 0.2) is 18.2 Å². The van der Waals surface area contributed by atoms with Crippen molar-refractivity contribution in [3.63, 3.8) is 0 Å². The fraction of sp³-hybridized carbons (Fsp3) is 0.500. The number of H-pyrrole nitrogens is 1. The molecule has 108 valence electrons. The Morgan fingerprint density at radius 1 is 1.35 bits per heavy atom. The Morgan fingerprint density at radius 2 is 2.15 bits per heavy atom.